The van der Waals surface area contributed by atoms with Crippen LogP contribution in [0, 0.1) is 0 Å². The van der Waals surface area contributed by atoms with Gasteiger partial charge < -0.3 is 34.8 Å². The van der Waals surface area contributed by atoms with E-state index in [2.05, 4.69) is 24.0 Å². The molecule has 1 aromatic carbocycles. The molecule has 3 aromatic rings. The topological polar surface area (TPSA) is 219 Å². The first-order valence-corrected chi connectivity index (χ1v) is 14.0. The van der Waals surface area contributed by atoms with Crippen molar-refractivity contribution < 1.29 is 53.9 Å². The molecule has 248 valence electrons. The molecule has 0 aliphatic rings. The van der Waals surface area contributed by atoms with Gasteiger partial charge >= 0.3 is 29.8 Å². The van der Waals surface area contributed by atoms with E-state index in [0.29, 0.717) is 56.9 Å². The molecule has 0 spiro atoms. The number of rotatable bonds is 15. The Labute approximate surface area is 265 Å². The fourth-order valence-electron chi connectivity index (χ4n) is 3.55. The van der Waals surface area contributed by atoms with Crippen molar-refractivity contribution in [2.75, 3.05) is 33.9 Å². The Morgan fingerprint density at radius 3 is 1.91 bits per heavy atom. The maximum atomic E-state index is 11.6. The number of aryl methyl sites for hydroxylation is 1. The van der Waals surface area contributed by atoms with E-state index < -0.39 is 23.9 Å². The summed E-state index contributed by atoms with van der Waals surface area (Å²) in [5, 5.41) is 37.0. The van der Waals surface area contributed by atoms with Gasteiger partial charge in [-0.25, -0.2) is 28.8 Å². The first-order valence-electron chi connectivity index (χ1n) is 14.0. The van der Waals surface area contributed by atoms with Gasteiger partial charge in [-0.2, -0.15) is 5.10 Å². The van der Waals surface area contributed by atoms with Crippen LogP contribution in [0.5, 0.6) is 5.75 Å². The zero-order valence-corrected chi connectivity index (χ0v) is 25.7. The Bertz CT molecular complexity index is 1430. The third-order valence-electron chi connectivity index (χ3n) is 5.45. The largest absolute Gasteiger partial charge is 0.494 e. The third-order valence-corrected chi connectivity index (χ3v) is 5.45. The van der Waals surface area contributed by atoms with Gasteiger partial charge in [-0.3, -0.25) is 4.79 Å². The minimum absolute atomic E-state index is 0.177. The number of pyridine rings is 1. The molecular formula is C31H38N4O11. The number of benzene rings is 1. The molecule has 46 heavy (non-hydrogen) atoms. The van der Waals surface area contributed by atoms with Gasteiger partial charge in [-0.15, -0.1) is 0 Å². The summed E-state index contributed by atoms with van der Waals surface area (Å²) in [5.41, 5.74) is 2.71. The van der Waals surface area contributed by atoms with E-state index in [-0.39, 0.29) is 5.97 Å². The average molecular weight is 643 g/mol. The van der Waals surface area contributed by atoms with Crippen LogP contribution in [0.25, 0.3) is 22.3 Å². The fourth-order valence-corrected chi connectivity index (χ4v) is 3.55. The van der Waals surface area contributed by atoms with E-state index in [1.165, 1.54) is 0 Å². The molecule has 3 rings (SSSR count). The molecule has 0 atom stereocenters. The number of esters is 1. The minimum atomic E-state index is -1.26. The quantitative estimate of drug-likeness (QED) is 0.106. The van der Waals surface area contributed by atoms with Crippen LogP contribution in [0.3, 0.4) is 0 Å². The van der Waals surface area contributed by atoms with Gasteiger partial charge in [-0.1, -0.05) is 0 Å². The number of aliphatic carboxylic acids is 4. The molecule has 2 aromatic heterocycles. The second-order valence-electron chi connectivity index (χ2n) is 9.40. The number of carboxylic acid groups (broad SMARTS) is 4. The van der Waals surface area contributed by atoms with Crippen molar-refractivity contribution in [2.45, 2.75) is 32.7 Å². The Hall–Kier alpha value is -5.57. The molecule has 0 unspecified atom stereocenters. The van der Waals surface area contributed by atoms with Gasteiger partial charge in [0.1, 0.15) is 11.4 Å². The first-order chi connectivity index (χ1) is 21.8. The second-order valence-corrected chi connectivity index (χ2v) is 9.40. The highest BCUT2D eigenvalue weighted by atomic mass is 16.5. The number of aromatic nitrogens is 3. The number of hydrogen-bond acceptors (Lipinski definition) is 10. The van der Waals surface area contributed by atoms with Crippen LogP contribution in [0.2, 0.25) is 0 Å². The molecule has 0 saturated heterocycles. The van der Waals surface area contributed by atoms with Crippen LogP contribution in [0.4, 0.5) is 0 Å². The van der Waals surface area contributed by atoms with Gasteiger partial charge in [0.25, 0.3) is 0 Å². The second kappa shape index (κ2) is 21.2. The van der Waals surface area contributed by atoms with E-state index in [4.69, 9.17) is 35.0 Å². The molecule has 15 nitrogen and oxygen atoms in total. The molecule has 15 heteroatoms. The van der Waals surface area contributed by atoms with Gasteiger partial charge in [0.05, 0.1) is 13.2 Å². The van der Waals surface area contributed by atoms with E-state index >= 15 is 0 Å². The molecule has 0 fully saturated rings. The normalized spacial score (nSPS) is 10.6. The van der Waals surface area contributed by atoms with Crippen LogP contribution in [0.1, 0.15) is 26.2 Å². The summed E-state index contributed by atoms with van der Waals surface area (Å²) in [7, 11) is 4.12. The maximum absolute atomic E-state index is 11.6. The monoisotopic (exact) mass is 642 g/mol. The third kappa shape index (κ3) is 16.3. The highest BCUT2D eigenvalue weighted by Gasteiger charge is 2.14. The Kier molecular flexibility index (Phi) is 17.7. The lowest BCUT2D eigenvalue weighted by molar-refractivity contribution is -0.143. The van der Waals surface area contributed by atoms with Crippen LogP contribution < -0.4 is 4.74 Å². The van der Waals surface area contributed by atoms with Gasteiger partial charge in [0.2, 0.25) is 0 Å². The molecule has 0 saturated carbocycles. The van der Waals surface area contributed by atoms with Crippen molar-refractivity contribution in [3.8, 4) is 17.0 Å². The number of carboxylic acids is 4. The summed E-state index contributed by atoms with van der Waals surface area (Å²) in [4.78, 5) is 56.5. The molecule has 0 amide bonds. The molecule has 0 radical (unpaired) electrons. The molecule has 0 bridgehead atoms. The van der Waals surface area contributed by atoms with Gasteiger partial charge in [0, 0.05) is 61.0 Å². The summed E-state index contributed by atoms with van der Waals surface area (Å²) in [6.07, 6.45) is 6.01. The summed E-state index contributed by atoms with van der Waals surface area (Å²) >= 11 is 0. The Morgan fingerprint density at radius 2 is 1.41 bits per heavy atom. The van der Waals surface area contributed by atoms with E-state index in [9.17, 15) is 24.0 Å². The summed E-state index contributed by atoms with van der Waals surface area (Å²) < 4.78 is 12.7. The number of nitrogens with zero attached hydrogens (tertiary/aromatic N) is 4. The SMILES string of the molecule is CCOC(=O)CCCn1nc(-c2ccc(OCCCN(C)C)cc2)c2cccnc21.O=C(O)/C=C/C(=O)O.O=C(O)/C=C/C(=O)O. The number of carbonyl (C=O) groups excluding carboxylic acids is 1. The van der Waals surface area contributed by atoms with Crippen molar-refractivity contribution in [3.63, 3.8) is 0 Å². The average Bonchev–Trinajstić information content (AvgIpc) is 3.37. The van der Waals surface area contributed by atoms with E-state index in [1.54, 1.807) is 6.20 Å². The van der Waals surface area contributed by atoms with Crippen molar-refractivity contribution in [3.05, 3.63) is 66.9 Å². The van der Waals surface area contributed by atoms with Crippen LogP contribution >= 0.6 is 0 Å². The van der Waals surface area contributed by atoms with Crippen molar-refractivity contribution in [1.82, 2.24) is 19.7 Å². The zero-order valence-electron chi connectivity index (χ0n) is 25.7. The van der Waals surface area contributed by atoms with Crippen LogP contribution in [0.15, 0.2) is 66.9 Å². The van der Waals surface area contributed by atoms with Crippen molar-refractivity contribution in [1.29, 1.82) is 0 Å². The van der Waals surface area contributed by atoms with Crippen LogP contribution in [-0.4, -0.2) is 104 Å². The van der Waals surface area contributed by atoms with E-state index in [0.717, 1.165) is 41.0 Å². The first kappa shape index (κ1) is 38.5. The lowest BCUT2D eigenvalue weighted by Crippen LogP contribution is -2.15. The van der Waals surface area contributed by atoms with E-state index in [1.807, 2.05) is 48.0 Å². The zero-order chi connectivity index (χ0) is 34.5. The van der Waals surface area contributed by atoms with Crippen molar-refractivity contribution >= 4 is 40.9 Å². The Balaban J connectivity index is 0.000000545. The van der Waals surface area contributed by atoms with Crippen molar-refractivity contribution in [2.24, 2.45) is 0 Å². The summed E-state index contributed by atoms with van der Waals surface area (Å²) in [6.45, 7) is 4.53. The maximum Gasteiger partial charge on any atom is 0.328 e. The predicted molar refractivity (Wildman–Crippen MR) is 166 cm³/mol. The number of carbonyl (C=O) groups is 5. The lowest BCUT2D eigenvalue weighted by Gasteiger charge is -2.10. The smallest absolute Gasteiger partial charge is 0.328 e. The highest BCUT2D eigenvalue weighted by molar-refractivity contribution is 5.91. The molecular weight excluding hydrogens is 604 g/mol. The molecule has 0 aliphatic carbocycles. The fraction of sp³-hybridized carbons (Fsp3) is 0.323. The van der Waals surface area contributed by atoms with Gasteiger partial charge in [0.15, 0.2) is 5.65 Å². The number of fused-ring (bicyclic) bond motifs is 1. The summed E-state index contributed by atoms with van der Waals surface area (Å²) in [5.74, 6) is -4.35. The molecule has 2 heterocycles. The minimum Gasteiger partial charge on any atom is -0.494 e. The van der Waals surface area contributed by atoms with Gasteiger partial charge in [-0.05, 0) is 70.3 Å². The summed E-state index contributed by atoms with van der Waals surface area (Å²) in [6, 6.07) is 12.0. The standard InChI is InChI=1S/C23H30N4O3.2C4H4O4/c1-4-29-21(28)9-6-16-27-23-20(8-5-14-24-23)22(25-27)18-10-12-19(13-11-18)30-17-7-15-26(2)3;2*5-3(6)1-2-4(7)8/h5,8,10-14H,4,6-7,9,15-17H2,1-3H3;2*1-2H,(H,5,6)(H,7,8)/b;2*2-1+. The number of ether oxygens (including phenoxy) is 2. The molecule has 0 aliphatic heterocycles. The predicted octanol–water partition coefficient (Wildman–Crippen LogP) is 3.20. The highest BCUT2D eigenvalue weighted by Crippen LogP contribution is 2.28. The van der Waals surface area contributed by atoms with Crippen LogP contribution in [-0.2, 0) is 35.3 Å². The lowest BCUT2D eigenvalue weighted by atomic mass is 10.1. The molecule has 4 N–H and O–H groups in total. The number of hydrogen-bond donors (Lipinski definition) is 4. The Morgan fingerprint density at radius 1 is 0.848 bits per heavy atom.